The first-order valence-corrected chi connectivity index (χ1v) is 11.2. The van der Waals surface area contributed by atoms with Crippen molar-refractivity contribution in [1.29, 1.82) is 0 Å². The van der Waals surface area contributed by atoms with Gasteiger partial charge in [0.15, 0.2) is 5.84 Å². The monoisotopic (exact) mass is 431 g/mol. The van der Waals surface area contributed by atoms with Gasteiger partial charge in [0.2, 0.25) is 10.0 Å². The molecule has 2 rings (SSSR count). The van der Waals surface area contributed by atoms with Crippen molar-refractivity contribution in [1.82, 2.24) is 10.3 Å². The standard InChI is InChI=1S/C15H29N9O2S2/c16-6-1-7-21-27-12-3-2-11(24-8-4-10(17)5-9-24)13(15(18)22-23-19)14(12)28(20,25)26/h2-3,10,21,23H,1,4-9,16-17,19H2,(H2,18,22)(H2,20,25,26). The molecule has 12 N–H and O–H groups in total. The maximum absolute atomic E-state index is 12.5. The van der Waals surface area contributed by atoms with Gasteiger partial charge in [0.1, 0.15) is 4.90 Å². The highest BCUT2D eigenvalue weighted by atomic mass is 32.2. The van der Waals surface area contributed by atoms with E-state index in [9.17, 15) is 8.42 Å². The number of piperidine rings is 1. The molecule has 0 amide bonds. The Morgan fingerprint density at radius 2 is 2.00 bits per heavy atom. The molecule has 0 bridgehead atoms. The first kappa shape index (κ1) is 22.7. The molecule has 0 aliphatic carbocycles. The molecule has 28 heavy (non-hydrogen) atoms. The zero-order valence-corrected chi connectivity index (χ0v) is 17.2. The topological polar surface area (TPSA) is 204 Å². The summed E-state index contributed by atoms with van der Waals surface area (Å²) in [7, 11) is -4.11. The highest BCUT2D eigenvalue weighted by molar-refractivity contribution is 7.98. The number of rotatable bonds is 9. The molecule has 1 saturated heterocycles. The molecule has 1 fully saturated rings. The summed E-state index contributed by atoms with van der Waals surface area (Å²) in [6.45, 7) is 2.48. The Labute approximate surface area is 169 Å². The average Bonchev–Trinajstić information content (AvgIpc) is 2.64. The van der Waals surface area contributed by atoms with Crippen LogP contribution >= 0.6 is 11.9 Å². The van der Waals surface area contributed by atoms with Crippen LogP contribution < -0.4 is 43.3 Å². The average molecular weight is 432 g/mol. The van der Waals surface area contributed by atoms with Crippen LogP contribution in [0.15, 0.2) is 27.0 Å². The fourth-order valence-electron chi connectivity index (χ4n) is 3.00. The van der Waals surface area contributed by atoms with E-state index in [0.717, 1.165) is 31.2 Å². The largest absolute Gasteiger partial charge is 0.382 e. The van der Waals surface area contributed by atoms with Gasteiger partial charge in [-0.3, -0.25) is 4.72 Å². The molecule has 11 nitrogen and oxygen atoms in total. The first-order chi connectivity index (χ1) is 13.3. The lowest BCUT2D eigenvalue weighted by molar-refractivity contribution is 0.500. The van der Waals surface area contributed by atoms with Crippen LogP contribution in [-0.2, 0) is 10.0 Å². The van der Waals surface area contributed by atoms with Gasteiger partial charge in [0, 0.05) is 36.3 Å². The van der Waals surface area contributed by atoms with Crippen molar-refractivity contribution in [3.63, 3.8) is 0 Å². The van der Waals surface area contributed by atoms with Crippen molar-refractivity contribution in [3.8, 4) is 0 Å². The molecule has 1 aromatic carbocycles. The van der Waals surface area contributed by atoms with E-state index in [1.165, 1.54) is 0 Å². The summed E-state index contributed by atoms with van der Waals surface area (Å²) in [4.78, 5) is 2.35. The summed E-state index contributed by atoms with van der Waals surface area (Å²) in [5.41, 5.74) is 20.5. The molecule has 1 aliphatic heterocycles. The number of nitrogens with two attached hydrogens (primary N) is 5. The second-order valence-electron chi connectivity index (χ2n) is 6.42. The lowest BCUT2D eigenvalue weighted by Crippen LogP contribution is -2.41. The van der Waals surface area contributed by atoms with Crippen molar-refractivity contribution in [3.05, 3.63) is 17.7 Å². The summed E-state index contributed by atoms with van der Waals surface area (Å²) < 4.78 is 28.0. The smallest absolute Gasteiger partial charge is 0.240 e. The van der Waals surface area contributed by atoms with Crippen molar-refractivity contribution in [2.75, 3.05) is 31.1 Å². The van der Waals surface area contributed by atoms with E-state index < -0.39 is 10.0 Å². The number of sulfonamides is 1. The van der Waals surface area contributed by atoms with Crippen LogP contribution in [0.2, 0.25) is 0 Å². The number of anilines is 1. The molecule has 158 valence electrons. The van der Waals surface area contributed by atoms with Crippen molar-refractivity contribution in [2.45, 2.75) is 35.1 Å². The second kappa shape index (κ2) is 10.2. The molecule has 0 radical (unpaired) electrons. The summed E-state index contributed by atoms with van der Waals surface area (Å²) >= 11 is 1.15. The molecule has 1 aliphatic rings. The van der Waals surface area contributed by atoms with Crippen LogP contribution in [0.25, 0.3) is 0 Å². The predicted octanol–water partition coefficient (Wildman–Crippen LogP) is -1.71. The van der Waals surface area contributed by atoms with Gasteiger partial charge in [-0.2, -0.15) is 0 Å². The molecular formula is C15H29N9O2S2. The van der Waals surface area contributed by atoms with E-state index in [2.05, 4.69) is 15.4 Å². The molecule has 0 saturated carbocycles. The van der Waals surface area contributed by atoms with Crippen molar-refractivity contribution in [2.24, 2.45) is 33.3 Å². The Morgan fingerprint density at radius 3 is 2.57 bits per heavy atom. The molecule has 0 atom stereocenters. The van der Waals surface area contributed by atoms with Crippen LogP contribution in [0, 0.1) is 0 Å². The third-order valence-corrected chi connectivity index (χ3v) is 6.40. The van der Waals surface area contributed by atoms with Crippen LogP contribution in [0.3, 0.4) is 0 Å². The molecule has 13 heteroatoms. The number of primary sulfonamides is 1. The molecular weight excluding hydrogens is 402 g/mol. The molecule has 1 aromatic rings. The number of benzene rings is 1. The fraction of sp³-hybridized carbons (Fsp3) is 0.533. The normalized spacial score (nSPS) is 16.4. The number of amidine groups is 1. The minimum Gasteiger partial charge on any atom is -0.382 e. The van der Waals surface area contributed by atoms with Gasteiger partial charge in [-0.15, -0.1) is 5.10 Å². The number of nitrogens with zero attached hydrogens (tertiary/aromatic N) is 2. The van der Waals surface area contributed by atoms with E-state index in [4.69, 9.17) is 28.2 Å². The van der Waals surface area contributed by atoms with Gasteiger partial charge in [-0.25, -0.2) is 24.9 Å². The SMILES string of the molecule is NCCCNSc1ccc(N2CCC(N)CC2)c(/C(N)=N/NN)c1S(N)(=O)=O. The maximum atomic E-state index is 12.5. The Kier molecular flexibility index (Phi) is 8.30. The lowest BCUT2D eigenvalue weighted by atomic mass is 10.0. The predicted molar refractivity (Wildman–Crippen MR) is 113 cm³/mol. The highest BCUT2D eigenvalue weighted by Gasteiger charge is 2.28. The van der Waals surface area contributed by atoms with Gasteiger partial charge in [-0.1, -0.05) is 0 Å². The third kappa shape index (κ3) is 5.70. The number of hydrogen-bond donors (Lipinski definition) is 7. The third-order valence-electron chi connectivity index (χ3n) is 4.37. The van der Waals surface area contributed by atoms with Gasteiger partial charge in [0.05, 0.1) is 5.56 Å². The van der Waals surface area contributed by atoms with E-state index in [0.29, 0.717) is 36.8 Å². The molecule has 1 heterocycles. The summed E-state index contributed by atoms with van der Waals surface area (Å²) in [5, 5.41) is 9.35. The van der Waals surface area contributed by atoms with Gasteiger partial charge < -0.3 is 22.1 Å². The zero-order valence-electron chi connectivity index (χ0n) is 15.6. The van der Waals surface area contributed by atoms with Crippen LogP contribution in [0.4, 0.5) is 5.69 Å². The van der Waals surface area contributed by atoms with Crippen LogP contribution in [0.5, 0.6) is 0 Å². The maximum Gasteiger partial charge on any atom is 0.240 e. The lowest BCUT2D eigenvalue weighted by Gasteiger charge is -2.34. The van der Waals surface area contributed by atoms with E-state index in [1.807, 2.05) is 11.0 Å². The minimum absolute atomic E-state index is 0.0687. The number of hydrazine groups is 1. The van der Waals surface area contributed by atoms with Gasteiger partial charge >= 0.3 is 0 Å². The van der Waals surface area contributed by atoms with Gasteiger partial charge in [0.25, 0.3) is 0 Å². The van der Waals surface area contributed by atoms with Crippen molar-refractivity contribution < 1.29 is 8.42 Å². The van der Waals surface area contributed by atoms with E-state index >= 15 is 0 Å². The summed E-state index contributed by atoms with van der Waals surface area (Å²) in [5.74, 6) is 5.20. The second-order valence-corrected chi connectivity index (χ2v) is 8.85. The van der Waals surface area contributed by atoms with Crippen molar-refractivity contribution >= 4 is 33.5 Å². The van der Waals surface area contributed by atoms with E-state index in [1.54, 1.807) is 6.07 Å². The fourth-order valence-corrected chi connectivity index (χ4v) is 5.04. The van der Waals surface area contributed by atoms with Crippen LogP contribution in [-0.4, -0.2) is 46.5 Å². The Bertz CT molecular complexity index is 793. The summed E-state index contributed by atoms with van der Waals surface area (Å²) in [6, 6.07) is 3.64. The Balaban J connectivity index is 2.55. The minimum atomic E-state index is -4.11. The summed E-state index contributed by atoms with van der Waals surface area (Å²) in [6.07, 6.45) is 2.32. The number of hydrazone groups is 1. The molecule has 0 spiro atoms. The van der Waals surface area contributed by atoms with Gasteiger partial charge in [-0.05, 0) is 49.9 Å². The quantitative estimate of drug-likeness (QED) is 0.0588. The first-order valence-electron chi connectivity index (χ1n) is 8.88. The zero-order chi connectivity index (χ0) is 20.7. The highest BCUT2D eigenvalue weighted by Crippen LogP contribution is 2.35. The molecule has 0 unspecified atom stereocenters. The Hall–Kier alpha value is -1.61. The Morgan fingerprint density at radius 1 is 1.32 bits per heavy atom. The van der Waals surface area contributed by atoms with E-state index in [-0.39, 0.29) is 22.3 Å². The number of hydrogen-bond acceptors (Lipinski definition) is 10. The number of nitrogens with one attached hydrogen (secondary N) is 2. The van der Waals surface area contributed by atoms with Crippen LogP contribution in [0.1, 0.15) is 24.8 Å². The molecule has 0 aromatic heterocycles.